The van der Waals surface area contributed by atoms with E-state index in [1.54, 1.807) is 13.3 Å². The van der Waals surface area contributed by atoms with Gasteiger partial charge in [-0.15, -0.1) is 5.10 Å². The first-order valence-corrected chi connectivity index (χ1v) is 9.25. The van der Waals surface area contributed by atoms with E-state index in [4.69, 9.17) is 4.74 Å². The van der Waals surface area contributed by atoms with Crippen molar-refractivity contribution in [3.05, 3.63) is 54.4 Å². The number of piperazine rings is 1. The number of benzene rings is 1. The molecule has 4 rings (SSSR count). The number of nitrogens with one attached hydrogen (secondary N) is 1. The monoisotopic (exact) mass is 377 g/mol. The molecular formula is C20H23N7O. The Bertz CT molecular complexity index is 927. The Balaban J connectivity index is 1.45. The van der Waals surface area contributed by atoms with Crippen molar-refractivity contribution in [3.63, 3.8) is 0 Å². The van der Waals surface area contributed by atoms with Crippen LogP contribution in [0.15, 0.2) is 48.8 Å². The van der Waals surface area contributed by atoms with E-state index in [1.165, 1.54) is 0 Å². The molecule has 2 aromatic heterocycles. The standard InChI is InChI=1S/C20H23N7O/c1-15-6-7-17(28-2)16(13-15)23-20-24-19(14-22-25-20)27-11-9-26(10-12-27)18-5-3-4-8-21-18/h3-8,13-14H,9-12H2,1-2H3,(H,23,24,25). The summed E-state index contributed by atoms with van der Waals surface area (Å²) in [5.74, 6) is 3.01. The van der Waals surface area contributed by atoms with E-state index in [2.05, 4.69) is 35.3 Å². The second-order valence-corrected chi connectivity index (χ2v) is 6.63. The maximum atomic E-state index is 5.41. The van der Waals surface area contributed by atoms with E-state index < -0.39 is 0 Å². The predicted molar refractivity (Wildman–Crippen MR) is 110 cm³/mol. The number of ether oxygens (including phenoxy) is 1. The SMILES string of the molecule is COc1ccc(C)cc1Nc1nncc(N2CCN(c3ccccn3)CC2)n1. The molecule has 1 N–H and O–H groups in total. The average molecular weight is 377 g/mol. The highest BCUT2D eigenvalue weighted by Gasteiger charge is 2.20. The first kappa shape index (κ1) is 18.0. The number of rotatable bonds is 5. The van der Waals surface area contributed by atoms with Crippen LogP contribution in [0.25, 0.3) is 0 Å². The van der Waals surface area contributed by atoms with Crippen LogP contribution >= 0.6 is 0 Å². The number of hydrogen-bond acceptors (Lipinski definition) is 8. The Labute approximate surface area is 164 Å². The van der Waals surface area contributed by atoms with E-state index >= 15 is 0 Å². The molecule has 3 heterocycles. The summed E-state index contributed by atoms with van der Waals surface area (Å²) in [6.45, 7) is 5.50. The smallest absolute Gasteiger partial charge is 0.249 e. The number of nitrogens with zero attached hydrogens (tertiary/aromatic N) is 6. The summed E-state index contributed by atoms with van der Waals surface area (Å²) in [4.78, 5) is 13.6. The first-order valence-electron chi connectivity index (χ1n) is 9.25. The molecule has 0 amide bonds. The van der Waals surface area contributed by atoms with Crippen LogP contribution in [0.2, 0.25) is 0 Å². The van der Waals surface area contributed by atoms with Gasteiger partial charge in [0.15, 0.2) is 5.82 Å². The lowest BCUT2D eigenvalue weighted by molar-refractivity contribution is 0.416. The molecular weight excluding hydrogens is 354 g/mol. The number of methoxy groups -OCH3 is 1. The van der Waals surface area contributed by atoms with E-state index in [1.807, 2.05) is 49.5 Å². The zero-order valence-electron chi connectivity index (χ0n) is 16.0. The van der Waals surface area contributed by atoms with Gasteiger partial charge in [-0.05, 0) is 36.8 Å². The molecule has 0 bridgehead atoms. The normalized spacial score (nSPS) is 14.1. The molecule has 1 aliphatic rings. The fourth-order valence-corrected chi connectivity index (χ4v) is 3.25. The zero-order chi connectivity index (χ0) is 19.3. The second kappa shape index (κ2) is 8.08. The van der Waals surface area contributed by atoms with Gasteiger partial charge in [0.2, 0.25) is 5.95 Å². The third-order valence-corrected chi connectivity index (χ3v) is 4.72. The summed E-state index contributed by atoms with van der Waals surface area (Å²) in [5, 5.41) is 11.5. The van der Waals surface area contributed by atoms with Gasteiger partial charge in [-0.3, -0.25) is 0 Å². The minimum absolute atomic E-state index is 0.452. The van der Waals surface area contributed by atoms with Crippen LogP contribution in [0.4, 0.5) is 23.3 Å². The van der Waals surface area contributed by atoms with Gasteiger partial charge in [0.05, 0.1) is 19.0 Å². The Morgan fingerprint density at radius 1 is 1.00 bits per heavy atom. The van der Waals surface area contributed by atoms with E-state index in [0.29, 0.717) is 5.95 Å². The lowest BCUT2D eigenvalue weighted by Crippen LogP contribution is -2.47. The van der Waals surface area contributed by atoms with Crippen LogP contribution in [0.1, 0.15) is 5.56 Å². The topological polar surface area (TPSA) is 79.3 Å². The highest BCUT2D eigenvalue weighted by Crippen LogP contribution is 2.27. The Hall–Kier alpha value is -3.42. The lowest BCUT2D eigenvalue weighted by atomic mass is 10.2. The summed E-state index contributed by atoms with van der Waals surface area (Å²) in [5.41, 5.74) is 1.94. The zero-order valence-corrected chi connectivity index (χ0v) is 16.0. The van der Waals surface area contributed by atoms with Gasteiger partial charge in [-0.25, -0.2) is 4.98 Å². The number of aryl methyl sites for hydroxylation is 1. The molecule has 0 saturated carbocycles. The number of anilines is 4. The third kappa shape index (κ3) is 3.95. The van der Waals surface area contributed by atoms with Crippen LogP contribution in [0, 0.1) is 6.92 Å². The molecule has 1 fully saturated rings. The van der Waals surface area contributed by atoms with E-state index in [0.717, 1.165) is 54.8 Å². The van der Waals surface area contributed by atoms with Gasteiger partial charge in [-0.1, -0.05) is 12.1 Å². The summed E-state index contributed by atoms with van der Waals surface area (Å²) in [6, 6.07) is 11.9. The van der Waals surface area contributed by atoms with Crippen molar-refractivity contribution < 1.29 is 4.74 Å². The maximum absolute atomic E-state index is 5.41. The number of hydrogen-bond donors (Lipinski definition) is 1. The van der Waals surface area contributed by atoms with Crippen molar-refractivity contribution in [1.29, 1.82) is 0 Å². The molecule has 8 heteroatoms. The molecule has 1 saturated heterocycles. The van der Waals surface area contributed by atoms with Crippen molar-refractivity contribution in [2.75, 3.05) is 48.4 Å². The predicted octanol–water partition coefficient (Wildman–Crippen LogP) is 2.65. The van der Waals surface area contributed by atoms with Crippen LogP contribution in [0.5, 0.6) is 5.75 Å². The molecule has 8 nitrogen and oxygen atoms in total. The Morgan fingerprint density at radius 3 is 2.50 bits per heavy atom. The summed E-state index contributed by atoms with van der Waals surface area (Å²) in [7, 11) is 1.65. The van der Waals surface area contributed by atoms with Crippen LogP contribution in [-0.4, -0.2) is 53.5 Å². The van der Waals surface area contributed by atoms with Crippen molar-refractivity contribution in [2.24, 2.45) is 0 Å². The summed E-state index contributed by atoms with van der Waals surface area (Å²) < 4.78 is 5.41. The summed E-state index contributed by atoms with van der Waals surface area (Å²) >= 11 is 0. The van der Waals surface area contributed by atoms with Crippen molar-refractivity contribution in [1.82, 2.24) is 20.2 Å². The molecule has 0 atom stereocenters. The molecule has 1 aliphatic heterocycles. The van der Waals surface area contributed by atoms with Crippen LogP contribution < -0.4 is 19.9 Å². The minimum atomic E-state index is 0.452. The van der Waals surface area contributed by atoms with Gasteiger partial charge >= 0.3 is 0 Å². The highest BCUT2D eigenvalue weighted by atomic mass is 16.5. The van der Waals surface area contributed by atoms with Gasteiger partial charge in [-0.2, -0.15) is 10.1 Å². The third-order valence-electron chi connectivity index (χ3n) is 4.72. The Kier molecular flexibility index (Phi) is 5.18. The quantitative estimate of drug-likeness (QED) is 0.727. The average Bonchev–Trinajstić information content (AvgIpc) is 2.75. The van der Waals surface area contributed by atoms with Gasteiger partial charge < -0.3 is 19.9 Å². The second-order valence-electron chi connectivity index (χ2n) is 6.63. The van der Waals surface area contributed by atoms with Crippen molar-refractivity contribution >= 4 is 23.3 Å². The highest BCUT2D eigenvalue weighted by molar-refractivity contribution is 5.64. The van der Waals surface area contributed by atoms with Crippen molar-refractivity contribution in [3.8, 4) is 5.75 Å². The van der Waals surface area contributed by atoms with E-state index in [-0.39, 0.29) is 0 Å². The molecule has 0 spiro atoms. The van der Waals surface area contributed by atoms with E-state index in [9.17, 15) is 0 Å². The molecule has 28 heavy (non-hydrogen) atoms. The molecule has 1 aromatic carbocycles. The largest absolute Gasteiger partial charge is 0.495 e. The molecule has 0 radical (unpaired) electrons. The molecule has 3 aromatic rings. The Morgan fingerprint density at radius 2 is 1.79 bits per heavy atom. The van der Waals surface area contributed by atoms with Crippen LogP contribution in [0.3, 0.4) is 0 Å². The molecule has 144 valence electrons. The fourth-order valence-electron chi connectivity index (χ4n) is 3.25. The maximum Gasteiger partial charge on any atom is 0.249 e. The first-order chi connectivity index (χ1) is 13.7. The molecule has 0 aliphatic carbocycles. The fraction of sp³-hybridized carbons (Fsp3) is 0.300. The van der Waals surface area contributed by atoms with Gasteiger partial charge in [0.25, 0.3) is 0 Å². The lowest BCUT2D eigenvalue weighted by Gasteiger charge is -2.35. The van der Waals surface area contributed by atoms with Gasteiger partial charge in [0.1, 0.15) is 11.6 Å². The van der Waals surface area contributed by atoms with Crippen molar-refractivity contribution in [2.45, 2.75) is 6.92 Å². The summed E-state index contributed by atoms with van der Waals surface area (Å²) in [6.07, 6.45) is 3.53. The minimum Gasteiger partial charge on any atom is -0.495 e. The van der Waals surface area contributed by atoms with Gasteiger partial charge in [0, 0.05) is 32.4 Å². The number of pyridine rings is 1. The molecule has 0 unspecified atom stereocenters. The number of aromatic nitrogens is 4. The van der Waals surface area contributed by atoms with Crippen LogP contribution in [-0.2, 0) is 0 Å².